The van der Waals surface area contributed by atoms with E-state index in [-0.39, 0.29) is 6.10 Å². The van der Waals surface area contributed by atoms with Crippen molar-refractivity contribution in [1.82, 2.24) is 0 Å². The van der Waals surface area contributed by atoms with Crippen LogP contribution in [0.3, 0.4) is 0 Å². The van der Waals surface area contributed by atoms with E-state index in [1.54, 1.807) is 0 Å². The van der Waals surface area contributed by atoms with Crippen molar-refractivity contribution in [2.24, 2.45) is 5.92 Å². The maximum Gasteiger partial charge on any atom is 0.0281 e. The number of hydrogen-bond acceptors (Lipinski definition) is 1. The number of rotatable bonds is 2. The molecule has 1 N–H and O–H groups in total. The van der Waals surface area contributed by atoms with Gasteiger partial charge in [-0.05, 0) is 18.8 Å². The first-order valence-corrected chi connectivity index (χ1v) is 3.77. The molecule has 1 aromatic carbocycles. The Kier molecular flexibility index (Phi) is 1.31. The third-order valence-corrected chi connectivity index (χ3v) is 2.10. The van der Waals surface area contributed by atoms with Crippen molar-refractivity contribution >= 4 is 0 Å². The van der Waals surface area contributed by atoms with Gasteiger partial charge in [0.2, 0.25) is 0 Å². The molecule has 1 aromatic rings. The van der Waals surface area contributed by atoms with E-state index in [1.165, 1.54) is 12.8 Å². The fourth-order valence-corrected chi connectivity index (χ4v) is 1.27. The van der Waals surface area contributed by atoms with Crippen LogP contribution in [0, 0.1) is 5.92 Å². The van der Waals surface area contributed by atoms with Gasteiger partial charge in [-0.1, -0.05) is 0 Å². The highest BCUT2D eigenvalue weighted by Gasteiger charge is 2.27. The van der Waals surface area contributed by atoms with Gasteiger partial charge >= 0.3 is 0 Å². The average Bonchev–Trinajstić information content (AvgIpc) is 2.65. The zero-order valence-corrected chi connectivity index (χ0v) is 5.83. The summed E-state index contributed by atoms with van der Waals surface area (Å²) in [5.74, 6) is 0.558. The van der Waals surface area contributed by atoms with Crippen molar-refractivity contribution < 1.29 is 5.11 Å². The zero-order valence-electron chi connectivity index (χ0n) is 5.83. The van der Waals surface area contributed by atoms with Crippen molar-refractivity contribution in [3.8, 4) is 0 Å². The van der Waals surface area contributed by atoms with Gasteiger partial charge in [0.1, 0.15) is 0 Å². The third-order valence-electron chi connectivity index (χ3n) is 2.10. The molecule has 1 nitrogen and oxygen atoms in total. The van der Waals surface area contributed by atoms with Crippen LogP contribution in [0.25, 0.3) is 0 Å². The summed E-state index contributed by atoms with van der Waals surface area (Å²) < 4.78 is 0. The molecule has 1 heteroatoms. The molecule has 1 atom stereocenters. The molecule has 0 bridgehead atoms. The van der Waals surface area contributed by atoms with Gasteiger partial charge in [0.25, 0.3) is 0 Å². The molecule has 0 amide bonds. The fourth-order valence-electron chi connectivity index (χ4n) is 1.27. The molecule has 0 saturated heterocycles. The van der Waals surface area contributed by atoms with E-state index < -0.39 is 0 Å². The minimum absolute atomic E-state index is 0.185. The summed E-state index contributed by atoms with van der Waals surface area (Å²) in [7, 11) is 0. The Morgan fingerprint density at radius 2 is 2.40 bits per heavy atom. The van der Waals surface area contributed by atoms with Crippen LogP contribution in [0.15, 0.2) is 24.3 Å². The van der Waals surface area contributed by atoms with Crippen LogP contribution in [0.4, 0.5) is 0 Å². The standard InChI is InChI=1S/C9H11O/c10-9(8-5-6-8)7-3-1-2-4-7/h1-4,8-10H,5-6H2/q-1. The molecule has 0 spiro atoms. The van der Waals surface area contributed by atoms with Crippen LogP contribution in [0.1, 0.15) is 24.5 Å². The molecule has 1 unspecified atom stereocenters. The van der Waals surface area contributed by atoms with E-state index in [0.29, 0.717) is 5.92 Å². The first kappa shape index (κ1) is 6.05. The van der Waals surface area contributed by atoms with Crippen LogP contribution in [0.5, 0.6) is 0 Å². The number of aliphatic hydroxyl groups is 1. The molecule has 10 heavy (non-hydrogen) atoms. The lowest BCUT2D eigenvalue weighted by Crippen LogP contribution is -1.96. The molecule has 1 fully saturated rings. The topological polar surface area (TPSA) is 20.2 Å². The predicted molar refractivity (Wildman–Crippen MR) is 39.7 cm³/mol. The maximum absolute atomic E-state index is 9.55. The first-order chi connectivity index (χ1) is 4.88. The minimum Gasteiger partial charge on any atom is -0.401 e. The molecular weight excluding hydrogens is 124 g/mol. The molecule has 0 radical (unpaired) electrons. The monoisotopic (exact) mass is 135 g/mol. The van der Waals surface area contributed by atoms with Gasteiger partial charge in [-0.2, -0.15) is 23.8 Å². The quantitative estimate of drug-likeness (QED) is 0.613. The summed E-state index contributed by atoms with van der Waals surface area (Å²) in [6, 6.07) is 7.92. The highest BCUT2D eigenvalue weighted by atomic mass is 16.3. The van der Waals surface area contributed by atoms with Crippen LogP contribution in [-0.4, -0.2) is 5.11 Å². The lowest BCUT2D eigenvalue weighted by molar-refractivity contribution is 0.154. The van der Waals surface area contributed by atoms with E-state index in [2.05, 4.69) is 0 Å². The summed E-state index contributed by atoms with van der Waals surface area (Å²) in [5, 5.41) is 9.55. The molecule has 1 aliphatic carbocycles. The molecule has 0 aromatic heterocycles. The SMILES string of the molecule is OC(c1cc[cH-]c1)C1CC1. The Morgan fingerprint density at radius 3 is 2.90 bits per heavy atom. The second kappa shape index (κ2) is 2.17. The third kappa shape index (κ3) is 0.971. The van der Waals surface area contributed by atoms with E-state index in [4.69, 9.17) is 0 Å². The molecule has 1 aliphatic rings. The lowest BCUT2D eigenvalue weighted by atomic mass is 10.1. The Hall–Kier alpha value is -0.690. The average molecular weight is 135 g/mol. The van der Waals surface area contributed by atoms with Crippen LogP contribution >= 0.6 is 0 Å². The smallest absolute Gasteiger partial charge is 0.0281 e. The Morgan fingerprint density at radius 1 is 1.60 bits per heavy atom. The number of aliphatic hydroxyl groups excluding tert-OH is 1. The summed E-state index contributed by atoms with van der Waals surface area (Å²) in [5.41, 5.74) is 1.09. The largest absolute Gasteiger partial charge is 0.401 e. The van der Waals surface area contributed by atoms with Crippen LogP contribution in [-0.2, 0) is 0 Å². The normalized spacial score (nSPS) is 20.9. The predicted octanol–water partition coefficient (Wildman–Crippen LogP) is 1.85. The van der Waals surface area contributed by atoms with Crippen molar-refractivity contribution in [2.45, 2.75) is 18.9 Å². The second-order valence-corrected chi connectivity index (χ2v) is 3.00. The van der Waals surface area contributed by atoms with E-state index in [0.717, 1.165) is 5.56 Å². The fraction of sp³-hybridized carbons (Fsp3) is 0.444. The van der Waals surface area contributed by atoms with Gasteiger partial charge in [0, 0.05) is 6.10 Å². The Balaban J connectivity index is 2.11. The molecule has 0 heterocycles. The van der Waals surface area contributed by atoms with Crippen molar-refractivity contribution in [1.29, 1.82) is 0 Å². The summed E-state index contributed by atoms with van der Waals surface area (Å²) >= 11 is 0. The highest BCUT2D eigenvalue weighted by Crippen LogP contribution is 2.40. The van der Waals surface area contributed by atoms with E-state index >= 15 is 0 Å². The van der Waals surface area contributed by atoms with Crippen molar-refractivity contribution in [3.05, 3.63) is 29.8 Å². The van der Waals surface area contributed by atoms with Gasteiger partial charge in [-0.3, -0.25) is 0 Å². The van der Waals surface area contributed by atoms with E-state index in [9.17, 15) is 5.11 Å². The number of hydrogen-bond donors (Lipinski definition) is 1. The van der Waals surface area contributed by atoms with Gasteiger partial charge in [0.15, 0.2) is 0 Å². The van der Waals surface area contributed by atoms with E-state index in [1.807, 2.05) is 24.3 Å². The van der Waals surface area contributed by atoms with Gasteiger partial charge in [-0.15, -0.1) is 0 Å². The molecular formula is C9H11O-. The van der Waals surface area contributed by atoms with Crippen LogP contribution < -0.4 is 0 Å². The summed E-state index contributed by atoms with van der Waals surface area (Å²) in [4.78, 5) is 0. The Labute approximate surface area is 60.7 Å². The van der Waals surface area contributed by atoms with Gasteiger partial charge < -0.3 is 5.11 Å². The highest BCUT2D eigenvalue weighted by molar-refractivity contribution is 5.20. The van der Waals surface area contributed by atoms with Gasteiger partial charge in [0.05, 0.1) is 0 Å². The van der Waals surface area contributed by atoms with Gasteiger partial charge in [-0.25, -0.2) is 6.07 Å². The molecule has 2 rings (SSSR count). The zero-order chi connectivity index (χ0) is 6.97. The molecule has 54 valence electrons. The molecule has 1 saturated carbocycles. The minimum atomic E-state index is -0.185. The Bertz CT molecular complexity index is 197. The summed E-state index contributed by atoms with van der Waals surface area (Å²) in [6.07, 6.45) is 2.22. The maximum atomic E-state index is 9.55. The molecule has 0 aliphatic heterocycles. The first-order valence-electron chi connectivity index (χ1n) is 3.77. The van der Waals surface area contributed by atoms with Crippen molar-refractivity contribution in [3.63, 3.8) is 0 Å². The summed E-state index contributed by atoms with van der Waals surface area (Å²) in [6.45, 7) is 0. The van der Waals surface area contributed by atoms with Crippen LogP contribution in [0.2, 0.25) is 0 Å². The van der Waals surface area contributed by atoms with Crippen molar-refractivity contribution in [2.75, 3.05) is 0 Å². The lowest BCUT2D eigenvalue weighted by Gasteiger charge is -2.12. The second-order valence-electron chi connectivity index (χ2n) is 3.00.